The van der Waals surface area contributed by atoms with Crippen molar-refractivity contribution in [1.82, 2.24) is 10.6 Å². The minimum Gasteiger partial charge on any atom is -0.457 e. The van der Waals surface area contributed by atoms with E-state index in [1.165, 1.54) is 0 Å². The third-order valence-corrected chi connectivity index (χ3v) is 6.35. The molecular formula is C30H48N10O3. The second kappa shape index (κ2) is 18.8. The van der Waals surface area contributed by atoms with Crippen molar-refractivity contribution in [3.05, 3.63) is 54.6 Å². The molecule has 0 heterocycles. The number of amides is 2. The summed E-state index contributed by atoms with van der Waals surface area (Å²) in [6, 6.07) is 15.3. The molecule has 0 spiro atoms. The van der Waals surface area contributed by atoms with E-state index >= 15 is 0 Å². The van der Waals surface area contributed by atoms with Gasteiger partial charge in [-0.25, -0.2) is 0 Å². The maximum Gasteiger partial charge on any atom is 0.242 e. The van der Waals surface area contributed by atoms with Gasteiger partial charge in [0.05, 0.1) is 6.04 Å². The van der Waals surface area contributed by atoms with Gasteiger partial charge in [0.2, 0.25) is 11.8 Å². The fourth-order valence-corrected chi connectivity index (χ4v) is 4.30. The van der Waals surface area contributed by atoms with E-state index in [0.29, 0.717) is 57.0 Å². The van der Waals surface area contributed by atoms with Gasteiger partial charge < -0.3 is 49.4 Å². The van der Waals surface area contributed by atoms with Gasteiger partial charge in [-0.2, -0.15) is 0 Å². The van der Waals surface area contributed by atoms with E-state index in [-0.39, 0.29) is 23.9 Å². The molecule has 2 aromatic carbocycles. The number of carbonyl (C=O) groups excluding carboxylic acids is 2. The van der Waals surface area contributed by atoms with Crippen LogP contribution in [0.15, 0.2) is 64.6 Å². The molecule has 0 bridgehead atoms. The number of nitrogens with one attached hydrogen (secondary N) is 3. The zero-order chi connectivity index (χ0) is 31.6. The number of para-hydroxylation sites is 1. The maximum atomic E-state index is 13.5. The molecule has 3 atom stereocenters. The van der Waals surface area contributed by atoms with Crippen LogP contribution in [0.3, 0.4) is 0 Å². The lowest BCUT2D eigenvalue weighted by Gasteiger charge is -2.26. The van der Waals surface area contributed by atoms with Crippen molar-refractivity contribution in [1.29, 1.82) is 0 Å². The van der Waals surface area contributed by atoms with E-state index in [0.717, 1.165) is 17.9 Å². The van der Waals surface area contributed by atoms with Gasteiger partial charge in [0.15, 0.2) is 11.9 Å². The fourth-order valence-electron chi connectivity index (χ4n) is 4.30. The van der Waals surface area contributed by atoms with Gasteiger partial charge in [0.1, 0.15) is 17.5 Å². The molecule has 0 saturated heterocycles. The van der Waals surface area contributed by atoms with Crippen LogP contribution in [0.4, 0.5) is 5.69 Å². The molecule has 236 valence electrons. The Balaban J connectivity index is 2.05. The Kier molecular flexibility index (Phi) is 15.2. The second-order valence-electron chi connectivity index (χ2n) is 10.7. The van der Waals surface area contributed by atoms with E-state index in [1.807, 2.05) is 54.6 Å². The minimum atomic E-state index is -0.819. The van der Waals surface area contributed by atoms with Crippen molar-refractivity contribution in [2.75, 3.05) is 25.0 Å². The lowest BCUT2D eigenvalue weighted by atomic mass is 10.0. The number of nitrogens with zero attached hydrogens (tertiary/aromatic N) is 2. The van der Waals surface area contributed by atoms with Crippen molar-refractivity contribution in [2.24, 2.45) is 44.6 Å². The van der Waals surface area contributed by atoms with Crippen molar-refractivity contribution in [3.63, 3.8) is 0 Å². The molecule has 2 rings (SSSR count). The molecule has 2 amide bonds. The summed E-state index contributed by atoms with van der Waals surface area (Å²) in [5.41, 5.74) is 28.5. The van der Waals surface area contributed by atoms with Crippen LogP contribution in [-0.2, 0) is 9.59 Å². The number of hydrogen-bond acceptors (Lipinski definition) is 7. The Morgan fingerprint density at radius 2 is 1.44 bits per heavy atom. The molecule has 0 aliphatic carbocycles. The number of rotatable bonds is 19. The second-order valence-corrected chi connectivity index (χ2v) is 10.7. The zero-order valence-corrected chi connectivity index (χ0v) is 25.2. The average Bonchev–Trinajstić information content (AvgIpc) is 2.95. The number of ether oxygens (including phenoxy) is 1. The zero-order valence-electron chi connectivity index (χ0n) is 25.2. The number of anilines is 1. The van der Waals surface area contributed by atoms with Crippen molar-refractivity contribution >= 4 is 29.4 Å². The predicted octanol–water partition coefficient (Wildman–Crippen LogP) is 1.34. The summed E-state index contributed by atoms with van der Waals surface area (Å²) < 4.78 is 5.94. The summed E-state index contributed by atoms with van der Waals surface area (Å²) in [6.45, 7) is 5.33. The molecule has 0 aromatic heterocycles. The highest BCUT2D eigenvalue weighted by Crippen LogP contribution is 2.24. The maximum absolute atomic E-state index is 13.5. The quantitative estimate of drug-likeness (QED) is 0.0662. The topological polar surface area (TPSA) is 234 Å². The molecule has 0 aliphatic heterocycles. The Labute approximate surface area is 254 Å². The van der Waals surface area contributed by atoms with E-state index in [2.05, 4.69) is 39.8 Å². The first-order valence-corrected chi connectivity index (χ1v) is 14.6. The van der Waals surface area contributed by atoms with Gasteiger partial charge in [0, 0.05) is 37.4 Å². The molecule has 0 fully saturated rings. The number of aliphatic imine (C=N–C) groups is 2. The van der Waals surface area contributed by atoms with Gasteiger partial charge in [-0.05, 0) is 62.3 Å². The normalized spacial score (nSPS) is 12.8. The molecule has 13 nitrogen and oxygen atoms in total. The summed E-state index contributed by atoms with van der Waals surface area (Å²) in [6.07, 6.45) is 2.41. The van der Waals surface area contributed by atoms with Crippen LogP contribution < -0.4 is 49.4 Å². The lowest BCUT2D eigenvalue weighted by molar-refractivity contribution is -0.130. The highest BCUT2D eigenvalue weighted by atomic mass is 16.5. The molecular weight excluding hydrogens is 548 g/mol. The Morgan fingerprint density at radius 3 is 2.07 bits per heavy atom. The van der Waals surface area contributed by atoms with Crippen LogP contribution in [0.25, 0.3) is 0 Å². The van der Waals surface area contributed by atoms with E-state index in [9.17, 15) is 9.59 Å². The number of carbonyl (C=O) groups is 2. The standard InChI is InChI=1S/C30H48N10O3/c1-20(2)17-22(19-38-21-9-6-12-24(18-21)43-23-10-4-3-5-11-23)39-28(42)26(14-8-16-37-30(34)35)40-27(41)25(31)13-7-15-36-29(32)33/h3-6,9-12,18,20,22,25-26,38H,7-8,13-17,19,31H2,1-2H3,(H,39,42)(H,40,41)(H4,32,33,36)(H4,34,35,37)/t22-,25-,26-/m0/s1. The van der Waals surface area contributed by atoms with E-state index in [1.54, 1.807) is 0 Å². The number of nitrogens with two attached hydrogens (primary N) is 5. The van der Waals surface area contributed by atoms with E-state index in [4.69, 9.17) is 33.4 Å². The summed E-state index contributed by atoms with van der Waals surface area (Å²) in [7, 11) is 0. The third kappa shape index (κ3) is 14.8. The highest BCUT2D eigenvalue weighted by molar-refractivity contribution is 5.89. The molecule has 0 radical (unpaired) electrons. The van der Waals surface area contributed by atoms with Gasteiger partial charge in [-0.3, -0.25) is 19.6 Å². The Morgan fingerprint density at radius 1 is 0.814 bits per heavy atom. The molecule has 13 N–H and O–H groups in total. The number of benzene rings is 2. The van der Waals surface area contributed by atoms with E-state index < -0.39 is 18.0 Å². The van der Waals surface area contributed by atoms with Crippen LogP contribution in [0.5, 0.6) is 11.5 Å². The largest absolute Gasteiger partial charge is 0.457 e. The summed E-state index contributed by atoms with van der Waals surface area (Å²) in [4.78, 5) is 34.2. The molecule has 2 aromatic rings. The SMILES string of the molecule is CC(C)C[C@@H](CNc1cccc(Oc2ccccc2)c1)NC(=O)[C@H](CCCN=C(N)N)NC(=O)[C@@H](N)CCCN=C(N)N. The smallest absolute Gasteiger partial charge is 0.242 e. The van der Waals surface area contributed by atoms with Gasteiger partial charge in [-0.1, -0.05) is 38.1 Å². The van der Waals surface area contributed by atoms with Crippen LogP contribution >= 0.6 is 0 Å². The first-order chi connectivity index (χ1) is 20.5. The lowest BCUT2D eigenvalue weighted by Crippen LogP contribution is -2.54. The fraction of sp³-hybridized carbons (Fsp3) is 0.467. The minimum absolute atomic E-state index is 0.0193. The van der Waals surface area contributed by atoms with Crippen LogP contribution in [0.2, 0.25) is 0 Å². The van der Waals surface area contributed by atoms with Gasteiger partial charge in [-0.15, -0.1) is 0 Å². The monoisotopic (exact) mass is 596 g/mol. The molecule has 43 heavy (non-hydrogen) atoms. The highest BCUT2D eigenvalue weighted by Gasteiger charge is 2.25. The molecule has 0 aliphatic rings. The summed E-state index contributed by atoms with van der Waals surface area (Å²) in [5.74, 6) is 0.960. The molecule has 0 saturated carbocycles. The van der Waals surface area contributed by atoms with Crippen molar-refractivity contribution in [3.8, 4) is 11.5 Å². The van der Waals surface area contributed by atoms with Gasteiger partial charge in [0.25, 0.3) is 0 Å². The molecule has 13 heteroatoms. The third-order valence-electron chi connectivity index (χ3n) is 6.35. The molecule has 0 unspecified atom stereocenters. The van der Waals surface area contributed by atoms with Gasteiger partial charge >= 0.3 is 0 Å². The average molecular weight is 597 g/mol. The van der Waals surface area contributed by atoms with Crippen LogP contribution in [-0.4, -0.2) is 61.5 Å². The van der Waals surface area contributed by atoms with Crippen LogP contribution in [0, 0.1) is 5.92 Å². The summed E-state index contributed by atoms with van der Waals surface area (Å²) >= 11 is 0. The van der Waals surface area contributed by atoms with Crippen LogP contribution in [0.1, 0.15) is 46.0 Å². The first-order valence-electron chi connectivity index (χ1n) is 14.6. The van der Waals surface area contributed by atoms with Crippen molar-refractivity contribution < 1.29 is 14.3 Å². The predicted molar refractivity (Wildman–Crippen MR) is 173 cm³/mol. The van der Waals surface area contributed by atoms with Crippen molar-refractivity contribution in [2.45, 2.75) is 64.1 Å². The number of guanidine groups is 2. The Hall–Kier alpha value is -4.52. The summed E-state index contributed by atoms with van der Waals surface area (Å²) in [5, 5.41) is 9.33. The Bertz CT molecular complexity index is 1180. The number of hydrogen-bond donors (Lipinski definition) is 8. The first kappa shape index (κ1) is 34.7.